The Hall–Kier alpha value is -3.63. The average Bonchev–Trinajstić information content (AvgIpc) is 3.62. The average molecular weight is 524 g/mol. The van der Waals surface area contributed by atoms with Crippen LogP contribution in [0, 0.1) is 6.92 Å². The number of hydrogen-bond acceptors (Lipinski definition) is 7. The number of oxazole rings is 1. The van der Waals surface area contributed by atoms with Crippen LogP contribution >= 0.6 is 0 Å². The van der Waals surface area contributed by atoms with E-state index in [0.717, 1.165) is 24.0 Å². The topological polar surface area (TPSA) is 129 Å². The summed E-state index contributed by atoms with van der Waals surface area (Å²) in [5, 5.41) is 5.52. The van der Waals surface area contributed by atoms with Crippen molar-refractivity contribution >= 4 is 22.0 Å². The quantitative estimate of drug-likeness (QED) is 0.366. The molecule has 0 radical (unpaired) electrons. The van der Waals surface area contributed by atoms with Crippen LogP contribution in [0.15, 0.2) is 62.5 Å². The van der Waals surface area contributed by atoms with Crippen molar-refractivity contribution in [1.82, 2.24) is 9.88 Å². The Kier molecular flexibility index (Phi) is 6.55. The third-order valence-corrected chi connectivity index (χ3v) is 7.84. The number of sulfonamides is 1. The van der Waals surface area contributed by atoms with Gasteiger partial charge in [0, 0.05) is 19.2 Å². The number of furan rings is 1. The fourth-order valence-electron chi connectivity index (χ4n) is 4.64. The Labute approximate surface area is 215 Å². The van der Waals surface area contributed by atoms with Gasteiger partial charge in [-0.25, -0.2) is 18.5 Å². The first kappa shape index (κ1) is 25.0. The van der Waals surface area contributed by atoms with Crippen molar-refractivity contribution in [2.75, 3.05) is 6.54 Å². The lowest BCUT2D eigenvalue weighted by Crippen LogP contribution is -2.35. The zero-order valence-corrected chi connectivity index (χ0v) is 21.6. The number of carbonyl (C=O) groups excluding carboxylic acids is 1. The molecule has 194 valence electrons. The molecule has 3 aromatic rings. The molecule has 1 aromatic carbocycles. The van der Waals surface area contributed by atoms with Crippen molar-refractivity contribution in [3.05, 3.63) is 83.0 Å². The number of ether oxygens (including phenoxy) is 1. The summed E-state index contributed by atoms with van der Waals surface area (Å²) in [6.07, 6.45) is 11.0. The molecule has 2 aromatic heterocycles. The van der Waals surface area contributed by atoms with E-state index in [1.54, 1.807) is 41.5 Å². The molecule has 1 aliphatic heterocycles. The van der Waals surface area contributed by atoms with Gasteiger partial charge < -0.3 is 18.5 Å². The van der Waals surface area contributed by atoms with Crippen molar-refractivity contribution in [1.29, 1.82) is 0 Å². The number of carbonyl (C=O) groups is 1. The van der Waals surface area contributed by atoms with Gasteiger partial charge in [0.15, 0.2) is 0 Å². The zero-order chi connectivity index (χ0) is 26.2. The van der Waals surface area contributed by atoms with Gasteiger partial charge in [0.1, 0.15) is 34.5 Å². The first-order valence-electron chi connectivity index (χ1n) is 12.1. The summed E-state index contributed by atoms with van der Waals surface area (Å²) >= 11 is 0. The number of fused-ring (bicyclic) bond motifs is 1. The molecule has 2 N–H and O–H groups in total. The zero-order valence-electron chi connectivity index (χ0n) is 20.8. The molecule has 1 amide bonds. The number of nitrogens with two attached hydrogens (primary N) is 1. The molecule has 37 heavy (non-hydrogen) atoms. The second-order valence-corrected chi connectivity index (χ2v) is 11.3. The van der Waals surface area contributed by atoms with Crippen molar-refractivity contribution in [3.63, 3.8) is 0 Å². The molecular weight excluding hydrogens is 494 g/mol. The molecule has 9 nitrogen and oxygen atoms in total. The maximum atomic E-state index is 12.7. The van der Waals surface area contributed by atoms with Crippen molar-refractivity contribution in [2.45, 2.75) is 56.6 Å². The van der Waals surface area contributed by atoms with Crippen molar-refractivity contribution in [2.24, 2.45) is 5.14 Å². The lowest BCUT2D eigenvalue weighted by atomic mass is 9.88. The molecule has 0 spiro atoms. The van der Waals surface area contributed by atoms with Gasteiger partial charge in [-0.2, -0.15) is 0 Å². The Morgan fingerprint density at radius 3 is 2.76 bits per heavy atom. The minimum absolute atomic E-state index is 0.0225. The summed E-state index contributed by atoms with van der Waals surface area (Å²) < 4.78 is 41.9. The fraction of sp³-hybridized carbons (Fsp3) is 0.333. The highest BCUT2D eigenvalue weighted by molar-refractivity contribution is 7.89. The molecule has 5 rings (SSSR count). The number of hydrogen-bond donors (Lipinski definition) is 1. The van der Waals surface area contributed by atoms with E-state index in [4.69, 9.17) is 18.7 Å². The maximum absolute atomic E-state index is 12.7. The standard InChI is InChI=1S/C27H29N3O6S/c1-18-22(29-26(36-18)27(2)10-3-4-11-27)17-35-23-14-20-16-30(25(31)8-7-21-6-5-13-34-21)12-9-19(20)15-24(23)37(28,32)33/h3-8,13-15H,9-12,16-17H2,1-2H3,(H2,28,32,33)/b8-7+. The van der Waals surface area contributed by atoms with Crippen LogP contribution in [-0.2, 0) is 39.8 Å². The predicted octanol–water partition coefficient (Wildman–Crippen LogP) is 4.01. The maximum Gasteiger partial charge on any atom is 0.246 e. The largest absolute Gasteiger partial charge is 0.486 e. The number of allylic oxidation sites excluding steroid dienone is 2. The number of nitrogens with zero attached hydrogens (tertiary/aromatic N) is 2. The van der Waals surface area contributed by atoms with Crippen LogP contribution in [0.25, 0.3) is 6.08 Å². The van der Waals surface area contributed by atoms with Gasteiger partial charge in [-0.15, -0.1) is 0 Å². The Morgan fingerprint density at radius 1 is 1.27 bits per heavy atom. The van der Waals surface area contributed by atoms with E-state index in [2.05, 4.69) is 24.1 Å². The normalized spacial score (nSPS) is 16.9. The molecule has 0 atom stereocenters. The van der Waals surface area contributed by atoms with Gasteiger partial charge in [-0.1, -0.05) is 19.1 Å². The SMILES string of the molecule is Cc1oc(C2(C)CC=CC2)nc1COc1cc2c(cc1S(N)(=O)=O)CCN(C(=O)/C=C/c1ccco1)C2. The molecule has 3 heterocycles. The second-order valence-electron chi connectivity index (χ2n) is 9.72. The van der Waals surface area contributed by atoms with Crippen molar-refractivity contribution < 1.29 is 26.8 Å². The van der Waals surface area contributed by atoms with Crippen LogP contribution in [0.2, 0.25) is 0 Å². The van der Waals surface area contributed by atoms with Crippen molar-refractivity contribution in [3.8, 4) is 5.75 Å². The first-order chi connectivity index (χ1) is 17.6. The van der Waals surface area contributed by atoms with E-state index in [1.807, 2.05) is 6.92 Å². The molecule has 0 saturated carbocycles. The third kappa shape index (κ3) is 5.26. The van der Waals surface area contributed by atoms with Crippen LogP contribution < -0.4 is 9.88 Å². The molecule has 0 bridgehead atoms. The van der Waals surface area contributed by atoms with Gasteiger partial charge in [-0.05, 0) is 67.7 Å². The van der Waals surface area contributed by atoms with Gasteiger partial charge in [0.05, 0.1) is 11.7 Å². The summed E-state index contributed by atoms with van der Waals surface area (Å²) in [7, 11) is -4.04. The lowest BCUT2D eigenvalue weighted by molar-refractivity contribution is -0.126. The van der Waals surface area contributed by atoms with E-state index in [-0.39, 0.29) is 28.6 Å². The minimum Gasteiger partial charge on any atom is -0.486 e. The van der Waals surface area contributed by atoms with E-state index in [0.29, 0.717) is 42.6 Å². The number of benzene rings is 1. The van der Waals surface area contributed by atoms with Crippen LogP contribution in [0.1, 0.15) is 54.0 Å². The smallest absolute Gasteiger partial charge is 0.246 e. The summed E-state index contributed by atoms with van der Waals surface area (Å²) in [6.45, 7) is 4.70. The fourth-order valence-corrected chi connectivity index (χ4v) is 5.35. The number of rotatable bonds is 7. The van der Waals surface area contributed by atoms with E-state index < -0.39 is 10.0 Å². The highest BCUT2D eigenvalue weighted by Gasteiger charge is 2.33. The Balaban J connectivity index is 1.36. The minimum atomic E-state index is -4.04. The Bertz CT molecular complexity index is 1480. The molecule has 0 unspecified atom stereocenters. The van der Waals surface area contributed by atoms with Crippen LogP contribution in [0.4, 0.5) is 0 Å². The van der Waals surface area contributed by atoms with Crippen LogP contribution in [0.5, 0.6) is 5.75 Å². The number of aromatic nitrogens is 1. The van der Waals surface area contributed by atoms with E-state index in [1.165, 1.54) is 6.08 Å². The first-order valence-corrected chi connectivity index (χ1v) is 13.6. The highest BCUT2D eigenvalue weighted by Crippen LogP contribution is 2.37. The molecule has 1 aliphatic carbocycles. The van der Waals surface area contributed by atoms with Gasteiger partial charge in [0.25, 0.3) is 0 Å². The summed E-state index contributed by atoms with van der Waals surface area (Å²) in [6, 6.07) is 6.72. The second kappa shape index (κ2) is 9.68. The van der Waals surface area contributed by atoms with Gasteiger partial charge >= 0.3 is 0 Å². The number of aryl methyl sites for hydroxylation is 1. The molecule has 0 saturated heterocycles. The van der Waals surface area contributed by atoms with E-state index in [9.17, 15) is 13.2 Å². The highest BCUT2D eigenvalue weighted by atomic mass is 32.2. The predicted molar refractivity (Wildman–Crippen MR) is 136 cm³/mol. The molecular formula is C27H29N3O6S. The van der Waals surface area contributed by atoms with Gasteiger partial charge in [-0.3, -0.25) is 4.79 Å². The number of amides is 1. The summed E-state index contributed by atoms with van der Waals surface area (Å²) in [5.74, 6) is 1.81. The number of primary sulfonamides is 1. The lowest BCUT2D eigenvalue weighted by Gasteiger charge is -2.29. The monoisotopic (exact) mass is 523 g/mol. The molecule has 2 aliphatic rings. The van der Waals surface area contributed by atoms with Crippen LogP contribution in [0.3, 0.4) is 0 Å². The summed E-state index contributed by atoms with van der Waals surface area (Å²) in [4.78, 5) is 19.0. The van der Waals surface area contributed by atoms with Crippen LogP contribution in [-0.4, -0.2) is 30.8 Å². The third-order valence-electron chi connectivity index (χ3n) is 6.91. The summed E-state index contributed by atoms with van der Waals surface area (Å²) in [5.41, 5.74) is 2.02. The molecule has 10 heteroatoms. The molecule has 0 fully saturated rings. The van der Waals surface area contributed by atoms with Gasteiger partial charge in [0.2, 0.25) is 21.8 Å². The Morgan fingerprint density at radius 2 is 2.05 bits per heavy atom. The van der Waals surface area contributed by atoms with E-state index >= 15 is 0 Å².